The fourth-order valence-corrected chi connectivity index (χ4v) is 4.33. The van der Waals surface area contributed by atoms with Crippen LogP contribution in [0.5, 0.6) is 0 Å². The fraction of sp³-hybridized carbons (Fsp3) is 0.111. The molecule has 1 aromatic carbocycles. The summed E-state index contributed by atoms with van der Waals surface area (Å²) in [6.45, 7) is 0. The molecule has 2 aromatic rings. The summed E-state index contributed by atoms with van der Waals surface area (Å²) in [5.74, 6) is -2.78. The number of halogens is 2. The largest absolute Gasteiger partial charge is 0.481 e. The van der Waals surface area contributed by atoms with Gasteiger partial charge in [0.15, 0.2) is 0 Å². The number of furan rings is 1. The molecule has 11 heteroatoms. The zero-order valence-corrected chi connectivity index (χ0v) is 17.4. The number of hydrogen-bond donors (Lipinski definition) is 2. The zero-order chi connectivity index (χ0) is 21.3. The molecular weight excluding hydrogens is 461 g/mol. The molecule has 1 aliphatic rings. The van der Waals surface area contributed by atoms with Crippen LogP contribution in [0.1, 0.15) is 12.2 Å². The Morgan fingerprint density at radius 2 is 1.97 bits per heavy atom. The maximum absolute atomic E-state index is 12.6. The summed E-state index contributed by atoms with van der Waals surface area (Å²) in [5, 5.41) is 18.9. The van der Waals surface area contributed by atoms with Gasteiger partial charge in [0.2, 0.25) is 0 Å². The number of rotatable bonds is 6. The molecule has 29 heavy (non-hydrogen) atoms. The summed E-state index contributed by atoms with van der Waals surface area (Å²) in [6, 6.07) is 6.73. The van der Waals surface area contributed by atoms with Crippen molar-refractivity contribution in [3.63, 3.8) is 0 Å². The molecule has 0 saturated carbocycles. The Morgan fingerprint density at radius 1 is 1.24 bits per heavy atom. The molecule has 1 atom stereocenters. The third-order valence-corrected chi connectivity index (χ3v) is 6.05. The Labute approximate surface area is 183 Å². The number of benzene rings is 1. The monoisotopic (exact) mass is 471 g/mol. The maximum atomic E-state index is 12.6. The number of thiocarbonyl (C=S) groups is 1. The molecule has 1 amide bonds. The second kappa shape index (κ2) is 8.58. The van der Waals surface area contributed by atoms with Gasteiger partial charge in [-0.1, -0.05) is 53.2 Å². The van der Waals surface area contributed by atoms with E-state index >= 15 is 0 Å². The molecule has 150 valence electrons. The van der Waals surface area contributed by atoms with Gasteiger partial charge in [-0.15, -0.1) is 0 Å². The van der Waals surface area contributed by atoms with Gasteiger partial charge < -0.3 is 14.6 Å². The van der Waals surface area contributed by atoms with Crippen LogP contribution in [-0.4, -0.2) is 43.3 Å². The Bertz CT molecular complexity index is 1060. The van der Waals surface area contributed by atoms with E-state index in [0.29, 0.717) is 27.1 Å². The van der Waals surface area contributed by atoms with Crippen LogP contribution in [0.15, 0.2) is 39.7 Å². The number of hydrogen-bond acceptors (Lipinski definition) is 6. The number of aliphatic carboxylic acids is 2. The number of carboxylic acids is 2. The van der Waals surface area contributed by atoms with Gasteiger partial charge in [0.05, 0.1) is 21.4 Å². The number of carboxylic acid groups (broad SMARTS) is 2. The van der Waals surface area contributed by atoms with E-state index < -0.39 is 30.3 Å². The van der Waals surface area contributed by atoms with E-state index in [-0.39, 0.29) is 9.23 Å². The van der Waals surface area contributed by atoms with E-state index in [1.165, 1.54) is 6.08 Å². The lowest BCUT2D eigenvalue weighted by Crippen LogP contribution is -2.45. The molecule has 7 nitrogen and oxygen atoms in total. The van der Waals surface area contributed by atoms with Crippen LogP contribution < -0.4 is 0 Å². The number of amides is 1. The summed E-state index contributed by atoms with van der Waals surface area (Å²) in [5.41, 5.74) is 0.568. The number of thioether (sulfide) groups is 1. The third-order valence-electron chi connectivity index (χ3n) is 3.91. The van der Waals surface area contributed by atoms with Crippen molar-refractivity contribution in [2.24, 2.45) is 0 Å². The Hall–Kier alpha value is -2.33. The lowest BCUT2D eigenvalue weighted by atomic mass is 10.2. The van der Waals surface area contributed by atoms with Crippen LogP contribution in [0.4, 0.5) is 0 Å². The fourth-order valence-electron chi connectivity index (χ4n) is 2.60. The zero-order valence-electron chi connectivity index (χ0n) is 14.3. The Kier molecular flexibility index (Phi) is 6.33. The lowest BCUT2D eigenvalue weighted by Gasteiger charge is -2.21. The van der Waals surface area contributed by atoms with Crippen LogP contribution in [0, 0.1) is 0 Å². The Balaban J connectivity index is 1.88. The smallest absolute Gasteiger partial charge is 0.327 e. The average molecular weight is 472 g/mol. The highest BCUT2D eigenvalue weighted by Crippen LogP contribution is 2.37. The van der Waals surface area contributed by atoms with Crippen molar-refractivity contribution in [1.29, 1.82) is 0 Å². The molecule has 1 fully saturated rings. The van der Waals surface area contributed by atoms with Crippen molar-refractivity contribution >= 4 is 75.4 Å². The highest BCUT2D eigenvalue weighted by molar-refractivity contribution is 8.26. The van der Waals surface area contributed by atoms with Gasteiger partial charge in [0, 0.05) is 11.6 Å². The van der Waals surface area contributed by atoms with Crippen LogP contribution >= 0.6 is 47.2 Å². The van der Waals surface area contributed by atoms with Crippen molar-refractivity contribution in [1.82, 2.24) is 4.90 Å². The van der Waals surface area contributed by atoms with Gasteiger partial charge in [0.1, 0.15) is 21.9 Å². The second-order valence-corrected chi connectivity index (χ2v) is 8.27. The van der Waals surface area contributed by atoms with Crippen LogP contribution in [0.25, 0.3) is 17.4 Å². The predicted octanol–water partition coefficient (Wildman–Crippen LogP) is 4.38. The molecule has 1 aromatic heterocycles. The summed E-state index contributed by atoms with van der Waals surface area (Å²) >= 11 is 18.1. The van der Waals surface area contributed by atoms with E-state index in [9.17, 15) is 19.5 Å². The van der Waals surface area contributed by atoms with E-state index in [2.05, 4.69) is 0 Å². The van der Waals surface area contributed by atoms with E-state index in [1.54, 1.807) is 30.3 Å². The van der Waals surface area contributed by atoms with Crippen molar-refractivity contribution in [2.45, 2.75) is 12.5 Å². The van der Waals surface area contributed by atoms with Crippen molar-refractivity contribution < 1.29 is 29.0 Å². The van der Waals surface area contributed by atoms with Crippen molar-refractivity contribution in [3.05, 3.63) is 51.0 Å². The SMILES string of the molecule is O=C(O)C[C@@H](C(=O)O)N1C(=O)/C(=C\c2ccc(-c3cccc(Cl)c3Cl)o2)SC1=S. The first-order valence-corrected chi connectivity index (χ1v) is 9.93. The molecule has 0 unspecified atom stereocenters. The molecule has 0 bridgehead atoms. The third kappa shape index (κ3) is 4.48. The highest BCUT2D eigenvalue weighted by Gasteiger charge is 2.41. The van der Waals surface area contributed by atoms with Gasteiger partial charge in [-0.3, -0.25) is 14.5 Å². The molecule has 2 heterocycles. The summed E-state index contributed by atoms with van der Waals surface area (Å²) in [6.07, 6.45) is 0.633. The van der Waals surface area contributed by atoms with Gasteiger partial charge in [-0.05, 0) is 24.3 Å². The first-order chi connectivity index (χ1) is 13.7. The molecule has 1 aliphatic heterocycles. The van der Waals surface area contributed by atoms with Gasteiger partial charge in [0.25, 0.3) is 5.91 Å². The van der Waals surface area contributed by atoms with Crippen LogP contribution in [-0.2, 0) is 14.4 Å². The van der Waals surface area contributed by atoms with Crippen molar-refractivity contribution in [3.8, 4) is 11.3 Å². The quantitative estimate of drug-likeness (QED) is 0.471. The predicted molar refractivity (Wildman–Crippen MR) is 113 cm³/mol. The van der Waals surface area contributed by atoms with Gasteiger partial charge in [-0.25, -0.2) is 4.79 Å². The van der Waals surface area contributed by atoms with Crippen LogP contribution in [0.3, 0.4) is 0 Å². The summed E-state index contributed by atoms with van der Waals surface area (Å²) in [7, 11) is 0. The number of nitrogens with zero attached hydrogens (tertiary/aromatic N) is 1. The molecule has 1 saturated heterocycles. The van der Waals surface area contributed by atoms with E-state index in [1.807, 2.05) is 0 Å². The standard InChI is InChI=1S/C18H11Cl2NO6S2/c19-10-3-1-2-9(15(10)20)12-5-4-8(27-12)6-13-16(24)21(18(28)29-13)11(17(25)26)7-14(22)23/h1-6,11H,7H2,(H,22,23)(H,25,26)/b13-6+/t11-/m0/s1. The number of carbonyl (C=O) groups is 3. The average Bonchev–Trinajstić information content (AvgIpc) is 3.20. The summed E-state index contributed by atoms with van der Waals surface area (Å²) < 4.78 is 5.66. The molecular formula is C18H11Cl2NO6S2. The molecule has 0 spiro atoms. The van der Waals surface area contributed by atoms with Gasteiger partial charge >= 0.3 is 11.9 Å². The van der Waals surface area contributed by atoms with Gasteiger partial charge in [-0.2, -0.15) is 0 Å². The number of carbonyl (C=O) groups excluding carboxylic acids is 1. The summed E-state index contributed by atoms with van der Waals surface area (Å²) in [4.78, 5) is 35.9. The maximum Gasteiger partial charge on any atom is 0.327 e. The molecule has 0 aliphatic carbocycles. The highest BCUT2D eigenvalue weighted by atomic mass is 35.5. The first kappa shape index (κ1) is 21.4. The van der Waals surface area contributed by atoms with Crippen molar-refractivity contribution in [2.75, 3.05) is 0 Å². The minimum Gasteiger partial charge on any atom is -0.481 e. The topological polar surface area (TPSA) is 108 Å². The lowest BCUT2D eigenvalue weighted by molar-refractivity contribution is -0.150. The second-order valence-electron chi connectivity index (χ2n) is 5.81. The molecule has 2 N–H and O–H groups in total. The molecule has 0 radical (unpaired) electrons. The Morgan fingerprint density at radius 3 is 2.62 bits per heavy atom. The minimum absolute atomic E-state index is 0.0421. The van der Waals surface area contributed by atoms with E-state index in [4.69, 9.17) is 44.9 Å². The van der Waals surface area contributed by atoms with Crippen LogP contribution in [0.2, 0.25) is 10.0 Å². The first-order valence-electron chi connectivity index (χ1n) is 7.95. The molecule has 3 rings (SSSR count). The normalized spacial score (nSPS) is 16.5. The minimum atomic E-state index is -1.59. The van der Waals surface area contributed by atoms with E-state index in [0.717, 1.165) is 16.7 Å².